The van der Waals surface area contributed by atoms with Gasteiger partial charge in [0.1, 0.15) is 11.9 Å². The molecule has 106 valence electrons. The van der Waals surface area contributed by atoms with E-state index in [1.54, 1.807) is 31.1 Å². The molecule has 0 heterocycles. The van der Waals surface area contributed by atoms with Gasteiger partial charge in [0.2, 0.25) is 0 Å². The molecule has 0 spiro atoms. The second-order valence-electron chi connectivity index (χ2n) is 4.97. The minimum atomic E-state index is -1.49. The van der Waals surface area contributed by atoms with Crippen molar-refractivity contribution >= 4 is 0 Å². The summed E-state index contributed by atoms with van der Waals surface area (Å²) in [6, 6.07) is 15.3. The van der Waals surface area contributed by atoms with Crippen LogP contribution >= 0.6 is 0 Å². The Morgan fingerprint density at radius 1 is 1.15 bits per heavy atom. The van der Waals surface area contributed by atoms with Crippen LogP contribution in [0.5, 0.6) is 5.75 Å². The lowest BCUT2D eigenvalue weighted by Gasteiger charge is -2.22. The van der Waals surface area contributed by atoms with E-state index in [1.807, 2.05) is 43.3 Å². The molecular weight excluding hydrogens is 246 g/mol. The Labute approximate surface area is 126 Å². The molecule has 0 bridgehead atoms. The van der Waals surface area contributed by atoms with Crippen LogP contribution in [-0.2, 0) is 0 Å². The SMILES string of the molecule is [2H]c1ccc(C)c(O[C@H](CC([2H])([2H])N(C)C)c2ccccc2)c1. The molecule has 0 fully saturated rings. The van der Waals surface area contributed by atoms with Gasteiger partial charge in [-0.05, 0) is 38.2 Å². The van der Waals surface area contributed by atoms with Crippen LogP contribution in [0.15, 0.2) is 54.6 Å². The molecule has 2 aromatic carbocycles. The number of nitrogens with zero attached hydrogens (tertiary/aromatic N) is 1. The average Bonchev–Trinajstić information content (AvgIpc) is 2.50. The molecule has 0 N–H and O–H groups in total. The Hall–Kier alpha value is -1.80. The monoisotopic (exact) mass is 272 g/mol. The van der Waals surface area contributed by atoms with Gasteiger partial charge in [-0.25, -0.2) is 0 Å². The predicted molar refractivity (Wildman–Crippen MR) is 84.2 cm³/mol. The molecule has 0 aliphatic carbocycles. The highest BCUT2D eigenvalue weighted by molar-refractivity contribution is 5.33. The Bertz CT molecular complexity index is 644. The predicted octanol–water partition coefficient (Wildman–Crippen LogP) is 4.07. The van der Waals surface area contributed by atoms with Crippen molar-refractivity contribution in [2.75, 3.05) is 20.6 Å². The van der Waals surface area contributed by atoms with Crippen LogP contribution in [0, 0.1) is 6.92 Å². The Morgan fingerprint density at radius 2 is 1.90 bits per heavy atom. The molecule has 0 saturated carbocycles. The molecular formula is C18H23NO. The topological polar surface area (TPSA) is 12.5 Å². The van der Waals surface area contributed by atoms with Crippen LogP contribution in [0.2, 0.25) is 0 Å². The van der Waals surface area contributed by atoms with E-state index in [0.717, 1.165) is 11.1 Å². The van der Waals surface area contributed by atoms with Crippen molar-refractivity contribution in [2.45, 2.75) is 19.4 Å². The van der Waals surface area contributed by atoms with Gasteiger partial charge < -0.3 is 9.64 Å². The van der Waals surface area contributed by atoms with Crippen LogP contribution < -0.4 is 4.74 Å². The van der Waals surface area contributed by atoms with E-state index in [4.69, 9.17) is 8.85 Å². The number of hydrogen-bond acceptors (Lipinski definition) is 2. The first-order chi connectivity index (χ1) is 10.8. The average molecular weight is 272 g/mol. The zero-order valence-electron chi connectivity index (χ0n) is 15.3. The summed E-state index contributed by atoms with van der Waals surface area (Å²) >= 11 is 0. The summed E-state index contributed by atoms with van der Waals surface area (Å²) in [6.07, 6.45) is -0.222. The third-order valence-electron chi connectivity index (χ3n) is 3.07. The van der Waals surface area contributed by atoms with Crippen molar-refractivity contribution < 1.29 is 8.85 Å². The molecule has 2 aromatic rings. The summed E-state index contributed by atoms with van der Waals surface area (Å²) in [5, 5.41) is 0. The van der Waals surface area contributed by atoms with Gasteiger partial charge in [0.05, 0.1) is 1.37 Å². The van der Waals surface area contributed by atoms with Crippen LogP contribution in [0.4, 0.5) is 0 Å². The molecule has 0 aromatic heterocycles. The maximum absolute atomic E-state index is 8.20. The highest BCUT2D eigenvalue weighted by Crippen LogP contribution is 2.27. The lowest BCUT2D eigenvalue weighted by Crippen LogP contribution is -2.19. The van der Waals surface area contributed by atoms with E-state index < -0.39 is 12.6 Å². The molecule has 1 atom stereocenters. The highest BCUT2D eigenvalue weighted by atomic mass is 16.5. The maximum atomic E-state index is 8.20. The van der Waals surface area contributed by atoms with Gasteiger partial charge in [-0.1, -0.05) is 48.5 Å². The molecule has 0 radical (unpaired) electrons. The summed E-state index contributed by atoms with van der Waals surface area (Å²) in [6.45, 7) is 0.435. The first-order valence-electron chi connectivity index (χ1n) is 8.26. The van der Waals surface area contributed by atoms with Crippen molar-refractivity contribution in [1.29, 1.82) is 0 Å². The van der Waals surface area contributed by atoms with Crippen molar-refractivity contribution in [3.05, 3.63) is 65.7 Å². The number of rotatable bonds is 6. The number of ether oxygens (including phenoxy) is 1. The van der Waals surface area contributed by atoms with E-state index in [0.29, 0.717) is 11.8 Å². The Morgan fingerprint density at radius 3 is 2.60 bits per heavy atom. The van der Waals surface area contributed by atoms with E-state index in [1.165, 1.54) is 0 Å². The van der Waals surface area contributed by atoms with E-state index in [-0.39, 0.29) is 6.42 Å². The second-order valence-corrected chi connectivity index (χ2v) is 4.97. The van der Waals surface area contributed by atoms with Crippen LogP contribution in [-0.4, -0.2) is 25.5 Å². The lowest BCUT2D eigenvalue weighted by molar-refractivity contribution is 0.178. The first-order valence-corrected chi connectivity index (χ1v) is 6.76. The normalized spacial score (nSPS) is 15.3. The van der Waals surface area contributed by atoms with E-state index in [2.05, 4.69) is 0 Å². The van der Waals surface area contributed by atoms with Gasteiger partial charge in [-0.3, -0.25) is 0 Å². The number of para-hydroxylation sites is 1. The van der Waals surface area contributed by atoms with Gasteiger partial charge in [-0.15, -0.1) is 0 Å². The summed E-state index contributed by atoms with van der Waals surface area (Å²) in [5.41, 5.74) is 1.86. The van der Waals surface area contributed by atoms with Gasteiger partial charge in [0, 0.05) is 15.7 Å². The zero-order chi connectivity index (χ0) is 17.0. The molecule has 0 unspecified atom stereocenters. The number of hydrogen-bond donors (Lipinski definition) is 0. The quantitative estimate of drug-likeness (QED) is 0.786. The summed E-state index contributed by atoms with van der Waals surface area (Å²) in [4.78, 5) is 1.56. The van der Waals surface area contributed by atoms with Crippen LogP contribution in [0.3, 0.4) is 0 Å². The zero-order valence-corrected chi connectivity index (χ0v) is 12.3. The Balaban J connectivity index is 2.32. The summed E-state index contributed by atoms with van der Waals surface area (Å²) in [7, 11) is 3.44. The second kappa shape index (κ2) is 7.11. The fourth-order valence-corrected chi connectivity index (χ4v) is 1.93. The Kier molecular flexibility index (Phi) is 3.88. The fourth-order valence-electron chi connectivity index (χ4n) is 1.93. The molecule has 2 rings (SSSR count). The molecule has 2 nitrogen and oxygen atoms in total. The lowest BCUT2D eigenvalue weighted by atomic mass is 10.1. The van der Waals surface area contributed by atoms with Crippen molar-refractivity contribution in [1.82, 2.24) is 4.90 Å². The van der Waals surface area contributed by atoms with Crippen molar-refractivity contribution in [3.8, 4) is 5.75 Å². The summed E-state index contributed by atoms with van der Waals surface area (Å²) in [5.74, 6) is 0.626. The minimum absolute atomic E-state index is 0.200. The number of aryl methyl sites for hydroxylation is 1. The molecule has 0 aliphatic heterocycles. The van der Waals surface area contributed by atoms with Crippen molar-refractivity contribution in [3.63, 3.8) is 0 Å². The van der Waals surface area contributed by atoms with E-state index in [9.17, 15) is 0 Å². The van der Waals surface area contributed by atoms with Crippen LogP contribution in [0.25, 0.3) is 0 Å². The van der Waals surface area contributed by atoms with Gasteiger partial charge in [0.15, 0.2) is 0 Å². The molecule has 20 heavy (non-hydrogen) atoms. The minimum Gasteiger partial charge on any atom is -0.485 e. The molecule has 2 heteroatoms. The molecule has 0 amide bonds. The molecule has 0 saturated heterocycles. The third kappa shape index (κ3) is 4.10. The largest absolute Gasteiger partial charge is 0.485 e. The van der Waals surface area contributed by atoms with Gasteiger partial charge in [0.25, 0.3) is 0 Å². The smallest absolute Gasteiger partial charge is 0.125 e. The first kappa shape index (κ1) is 10.9. The van der Waals surface area contributed by atoms with E-state index >= 15 is 0 Å². The standard InChI is InChI=1S/C18H23NO/c1-15-9-7-8-12-17(15)20-18(13-14-19(2)3)16-10-5-4-6-11-16/h4-12,18H,13-14H2,1-3H3/t18-/m1/s1/i8D,14D2. The number of benzene rings is 2. The van der Waals surface area contributed by atoms with Gasteiger partial charge >= 0.3 is 0 Å². The summed E-state index contributed by atoms with van der Waals surface area (Å²) < 4.78 is 30.3. The maximum Gasteiger partial charge on any atom is 0.125 e. The van der Waals surface area contributed by atoms with Crippen LogP contribution in [0.1, 0.15) is 27.8 Å². The van der Waals surface area contributed by atoms with Crippen molar-refractivity contribution in [2.24, 2.45) is 0 Å². The molecule has 0 aliphatic rings. The third-order valence-corrected chi connectivity index (χ3v) is 3.07. The fraction of sp³-hybridized carbons (Fsp3) is 0.333. The highest BCUT2D eigenvalue weighted by Gasteiger charge is 2.14. The van der Waals surface area contributed by atoms with Gasteiger partial charge in [-0.2, -0.15) is 0 Å².